The minimum absolute atomic E-state index is 0.0234. The van der Waals surface area contributed by atoms with Crippen LogP contribution in [-0.2, 0) is 17.8 Å². The normalized spacial score (nSPS) is 21.7. The molecule has 3 rings (SSSR count). The molecule has 3 heterocycles. The Hall–Kier alpha value is -1.93. The van der Waals surface area contributed by atoms with E-state index in [-0.39, 0.29) is 18.7 Å². The van der Waals surface area contributed by atoms with Crippen molar-refractivity contribution in [3.05, 3.63) is 48.3 Å². The molecule has 2 aromatic heterocycles. The summed E-state index contributed by atoms with van der Waals surface area (Å²) in [7, 11) is 0. The third-order valence-electron chi connectivity index (χ3n) is 3.78. The highest BCUT2D eigenvalue weighted by Crippen LogP contribution is 2.28. The summed E-state index contributed by atoms with van der Waals surface area (Å²) >= 11 is 0. The van der Waals surface area contributed by atoms with E-state index in [9.17, 15) is 13.2 Å². The average molecular weight is 326 g/mol. The number of aromatic nitrogens is 3. The molecular formula is C15H17F3N4O. The summed E-state index contributed by atoms with van der Waals surface area (Å²) < 4.78 is 44.4. The topological polar surface area (TPSA) is 52.0 Å². The maximum Gasteiger partial charge on any atom is 0.406 e. The number of imidazole rings is 1. The van der Waals surface area contributed by atoms with Crippen LogP contribution in [0.2, 0.25) is 0 Å². The molecule has 124 valence electrons. The van der Waals surface area contributed by atoms with Crippen molar-refractivity contribution >= 4 is 0 Å². The molecule has 1 fully saturated rings. The van der Waals surface area contributed by atoms with Crippen LogP contribution >= 0.6 is 0 Å². The van der Waals surface area contributed by atoms with Gasteiger partial charge in [0.25, 0.3) is 0 Å². The van der Waals surface area contributed by atoms with Gasteiger partial charge < -0.3 is 14.6 Å². The molecule has 2 aromatic rings. The van der Waals surface area contributed by atoms with E-state index in [1.54, 1.807) is 12.4 Å². The van der Waals surface area contributed by atoms with Crippen molar-refractivity contribution in [2.45, 2.75) is 37.8 Å². The van der Waals surface area contributed by atoms with Crippen molar-refractivity contribution < 1.29 is 17.9 Å². The van der Waals surface area contributed by atoms with E-state index in [0.29, 0.717) is 12.4 Å². The van der Waals surface area contributed by atoms with Gasteiger partial charge in [-0.05, 0) is 12.5 Å². The minimum atomic E-state index is -4.26. The number of hydrogen-bond donors (Lipinski definition) is 1. The number of alkyl halides is 3. The molecule has 0 unspecified atom stereocenters. The van der Waals surface area contributed by atoms with Gasteiger partial charge in [0.2, 0.25) is 0 Å². The lowest BCUT2D eigenvalue weighted by Crippen LogP contribution is -2.32. The predicted octanol–water partition coefficient (Wildman–Crippen LogP) is 2.46. The fourth-order valence-electron chi connectivity index (χ4n) is 2.74. The number of nitrogens with zero attached hydrogens (tertiary/aromatic N) is 3. The molecule has 2 atom stereocenters. The van der Waals surface area contributed by atoms with E-state index >= 15 is 0 Å². The number of hydrogen-bond acceptors (Lipinski definition) is 4. The molecule has 5 nitrogen and oxygen atoms in total. The van der Waals surface area contributed by atoms with Gasteiger partial charge in [-0.25, -0.2) is 4.98 Å². The van der Waals surface area contributed by atoms with Gasteiger partial charge in [0.15, 0.2) is 0 Å². The zero-order valence-electron chi connectivity index (χ0n) is 12.3. The summed E-state index contributed by atoms with van der Waals surface area (Å²) in [5, 5.41) is 3.26. The lowest BCUT2D eigenvalue weighted by atomic mass is 10.0. The smallest absolute Gasteiger partial charge is 0.372 e. The first-order chi connectivity index (χ1) is 11.0. The highest BCUT2D eigenvalue weighted by Gasteiger charge is 2.31. The van der Waals surface area contributed by atoms with Gasteiger partial charge in [0.05, 0.1) is 12.6 Å². The summed E-state index contributed by atoms with van der Waals surface area (Å²) in [6.07, 6.45) is 2.55. The third kappa shape index (κ3) is 4.08. The summed E-state index contributed by atoms with van der Waals surface area (Å²) in [6, 6.07) is 3.79. The van der Waals surface area contributed by atoms with E-state index in [2.05, 4.69) is 15.3 Å². The quantitative estimate of drug-likeness (QED) is 0.917. The van der Waals surface area contributed by atoms with Crippen LogP contribution in [0.3, 0.4) is 0 Å². The van der Waals surface area contributed by atoms with Crippen LogP contribution in [0.25, 0.3) is 0 Å². The van der Waals surface area contributed by atoms with Crippen molar-refractivity contribution in [2.24, 2.45) is 0 Å². The Balaban J connectivity index is 1.63. The lowest BCUT2D eigenvalue weighted by Gasteiger charge is -2.20. The molecule has 0 bridgehead atoms. The van der Waals surface area contributed by atoms with Gasteiger partial charge in [-0.3, -0.25) is 4.98 Å². The average Bonchev–Trinajstić information content (AvgIpc) is 3.13. The number of pyridine rings is 1. The fourth-order valence-corrected chi connectivity index (χ4v) is 2.74. The molecule has 0 saturated carbocycles. The van der Waals surface area contributed by atoms with E-state index < -0.39 is 12.7 Å². The van der Waals surface area contributed by atoms with E-state index in [1.165, 1.54) is 12.4 Å². The molecule has 1 aliphatic heterocycles. The first-order valence-corrected chi connectivity index (χ1v) is 7.34. The summed E-state index contributed by atoms with van der Waals surface area (Å²) in [6.45, 7) is -0.167. The first-order valence-electron chi connectivity index (χ1n) is 7.34. The molecule has 0 radical (unpaired) electrons. The summed E-state index contributed by atoms with van der Waals surface area (Å²) in [5.41, 5.74) is 0.959. The molecule has 0 amide bonds. The number of ether oxygens (including phenoxy) is 1. The number of halogens is 3. The zero-order valence-corrected chi connectivity index (χ0v) is 12.3. The monoisotopic (exact) mass is 326 g/mol. The van der Waals surface area contributed by atoms with Crippen LogP contribution in [0.15, 0.2) is 36.9 Å². The van der Waals surface area contributed by atoms with E-state index in [4.69, 9.17) is 4.74 Å². The van der Waals surface area contributed by atoms with Crippen LogP contribution in [0.5, 0.6) is 0 Å². The molecule has 0 aromatic carbocycles. The van der Waals surface area contributed by atoms with E-state index in [0.717, 1.165) is 16.6 Å². The zero-order chi connectivity index (χ0) is 16.3. The Morgan fingerprint density at radius 2 is 2.22 bits per heavy atom. The molecule has 1 aliphatic rings. The highest BCUT2D eigenvalue weighted by atomic mass is 19.4. The SMILES string of the molecule is FC(F)(F)Cn1ccnc1CN[C@H]1CCO[C@@H]1c1cccnc1. The molecular weight excluding hydrogens is 309 g/mol. The Kier molecular flexibility index (Phi) is 4.63. The second-order valence-electron chi connectivity index (χ2n) is 5.44. The van der Waals surface area contributed by atoms with Crippen LogP contribution in [-0.4, -0.2) is 33.4 Å². The lowest BCUT2D eigenvalue weighted by molar-refractivity contribution is -0.141. The number of nitrogens with one attached hydrogen (secondary N) is 1. The molecule has 23 heavy (non-hydrogen) atoms. The summed E-state index contributed by atoms with van der Waals surface area (Å²) in [5.74, 6) is 0.360. The van der Waals surface area contributed by atoms with Crippen molar-refractivity contribution in [2.75, 3.05) is 6.61 Å². The Bertz CT molecular complexity index is 629. The van der Waals surface area contributed by atoms with Crippen molar-refractivity contribution in [3.63, 3.8) is 0 Å². The fraction of sp³-hybridized carbons (Fsp3) is 0.467. The standard InChI is InChI=1S/C15H17F3N4O/c16-15(17,18)10-22-6-5-20-13(22)9-21-12-3-7-23-14(12)11-2-1-4-19-8-11/h1-2,4-6,8,12,14,21H,3,7,9-10H2/t12-,14+/m0/s1. The Morgan fingerprint density at radius 3 is 2.96 bits per heavy atom. The molecule has 1 saturated heterocycles. The van der Waals surface area contributed by atoms with Crippen LogP contribution in [0.1, 0.15) is 23.9 Å². The third-order valence-corrected chi connectivity index (χ3v) is 3.78. The second kappa shape index (κ2) is 6.67. The van der Waals surface area contributed by atoms with Crippen LogP contribution < -0.4 is 5.32 Å². The number of rotatable bonds is 5. The largest absolute Gasteiger partial charge is 0.406 e. The molecule has 0 spiro atoms. The van der Waals surface area contributed by atoms with Gasteiger partial charge in [-0.1, -0.05) is 6.07 Å². The van der Waals surface area contributed by atoms with Crippen LogP contribution in [0.4, 0.5) is 13.2 Å². The van der Waals surface area contributed by atoms with Gasteiger partial charge in [0, 0.05) is 43.0 Å². The molecule has 8 heteroatoms. The van der Waals surface area contributed by atoms with Crippen molar-refractivity contribution in [3.8, 4) is 0 Å². The van der Waals surface area contributed by atoms with Crippen LogP contribution in [0, 0.1) is 0 Å². The predicted molar refractivity (Wildman–Crippen MR) is 76.5 cm³/mol. The van der Waals surface area contributed by atoms with Gasteiger partial charge in [-0.2, -0.15) is 13.2 Å². The van der Waals surface area contributed by atoms with E-state index in [1.807, 2.05) is 12.1 Å². The minimum Gasteiger partial charge on any atom is -0.372 e. The molecule has 1 N–H and O–H groups in total. The maximum atomic E-state index is 12.5. The van der Waals surface area contributed by atoms with Gasteiger partial charge >= 0.3 is 6.18 Å². The Labute approximate surface area is 131 Å². The Morgan fingerprint density at radius 1 is 1.35 bits per heavy atom. The van der Waals surface area contributed by atoms with Gasteiger partial charge in [0.1, 0.15) is 12.4 Å². The maximum absolute atomic E-state index is 12.5. The van der Waals surface area contributed by atoms with Gasteiger partial charge in [-0.15, -0.1) is 0 Å². The molecule has 0 aliphatic carbocycles. The van der Waals surface area contributed by atoms with Crippen molar-refractivity contribution in [1.82, 2.24) is 19.9 Å². The first kappa shape index (κ1) is 15.9. The second-order valence-corrected chi connectivity index (χ2v) is 5.44. The summed E-state index contributed by atoms with van der Waals surface area (Å²) in [4.78, 5) is 8.09. The highest BCUT2D eigenvalue weighted by molar-refractivity contribution is 5.15. The van der Waals surface area contributed by atoms with Crippen molar-refractivity contribution in [1.29, 1.82) is 0 Å².